The van der Waals surface area contributed by atoms with Gasteiger partial charge < -0.3 is 9.80 Å². The van der Waals surface area contributed by atoms with Crippen LogP contribution >= 0.6 is 0 Å². The molecule has 6 heterocycles. The zero-order valence-electron chi connectivity index (χ0n) is 60.9. The van der Waals surface area contributed by atoms with Gasteiger partial charge in [0.15, 0.2) is 0 Å². The fraction of sp³-hybridized carbons (Fsp3) is 0.892. The predicted molar refractivity (Wildman–Crippen MR) is 369 cm³/mol. The fourth-order valence-electron chi connectivity index (χ4n) is 16.3. The van der Waals surface area contributed by atoms with E-state index in [1.165, 1.54) is 135 Å². The first-order valence-electron chi connectivity index (χ1n) is 36.4. The van der Waals surface area contributed by atoms with Gasteiger partial charge in [0.1, 0.15) is 11.6 Å². The maximum atomic E-state index is 13.2. The Labute approximate surface area is 546 Å². The van der Waals surface area contributed by atoms with Crippen LogP contribution in [-0.2, 0) is 24.0 Å². The van der Waals surface area contributed by atoms with Crippen LogP contribution in [0.25, 0.3) is 0 Å². The molecule has 2 atom stereocenters. The zero-order valence-corrected chi connectivity index (χ0v) is 60.9. The number of piperidine rings is 2. The Morgan fingerprint density at radius 3 is 1.17 bits per heavy atom. The summed E-state index contributed by atoms with van der Waals surface area (Å²) in [5, 5.41) is 0. The van der Waals surface area contributed by atoms with Crippen molar-refractivity contribution in [1.82, 2.24) is 44.4 Å². The van der Waals surface area contributed by atoms with E-state index >= 15 is 0 Å². The molecule has 7 rings (SSSR count). The average Bonchev–Trinajstić information content (AvgIpc) is 1.15. The van der Waals surface area contributed by atoms with Crippen LogP contribution < -0.4 is 4.90 Å². The fourth-order valence-corrected chi connectivity index (χ4v) is 16.3. The molecule has 0 bridgehead atoms. The molecule has 15 nitrogen and oxygen atoms in total. The van der Waals surface area contributed by atoms with Gasteiger partial charge in [-0.1, -0.05) is 162 Å². The Hall–Kier alpha value is -3.56. The van der Waals surface area contributed by atoms with Gasteiger partial charge in [0.05, 0.1) is 5.54 Å². The van der Waals surface area contributed by atoms with E-state index in [9.17, 15) is 24.0 Å². The predicted octanol–water partition coefficient (Wildman–Crippen LogP) is 15.9. The first-order valence-corrected chi connectivity index (χ1v) is 36.4. The number of aromatic nitrogens is 3. The highest BCUT2D eigenvalue weighted by atomic mass is 16.2. The monoisotopic (exact) mass is 1250 g/mol. The molecule has 1 saturated carbocycles. The molecule has 5 aliphatic heterocycles. The zero-order chi connectivity index (χ0) is 66.1. The van der Waals surface area contributed by atoms with Crippen molar-refractivity contribution in [3.63, 3.8) is 0 Å². The molecule has 0 N–H and O–H groups in total. The Morgan fingerprint density at radius 2 is 0.809 bits per heavy atom. The largest absolute Gasteiger partial charge is 0.337 e. The molecular weight excluding hydrogens is 1110 g/mol. The minimum atomic E-state index is -0.502. The number of amides is 5. The summed E-state index contributed by atoms with van der Waals surface area (Å²) in [4.78, 5) is 93.3. The highest BCUT2D eigenvalue weighted by Crippen LogP contribution is 2.43. The van der Waals surface area contributed by atoms with Crippen LogP contribution in [0, 0.1) is 25.7 Å². The maximum Gasteiger partial charge on any atom is 0.242 e. The molecular formula is C74H136N10O5. The summed E-state index contributed by atoms with van der Waals surface area (Å²) >= 11 is 0. The molecule has 0 aromatic carbocycles. The Kier molecular flexibility index (Phi) is 29.1. The van der Waals surface area contributed by atoms with Crippen molar-refractivity contribution in [2.75, 3.05) is 45.7 Å². The lowest BCUT2D eigenvalue weighted by molar-refractivity contribution is -0.157. The van der Waals surface area contributed by atoms with Crippen molar-refractivity contribution in [1.29, 1.82) is 0 Å². The molecule has 1 aromatic rings. The van der Waals surface area contributed by atoms with Crippen molar-refractivity contribution in [3.8, 4) is 0 Å². The SMILES string of the molecule is CCCCCCCCCCCCC1CC(=O)N(C2CC(C)(C)N(C)C(C)(C)C2)C1=O.CCCCCCCCCCCCC1CC(=O)N(C2CC(C)(C)N(C)C(C)(C)C2)C1=O.Cc1nc(C)nc(N(CCN2CC(C)(C)N(C)C(C)(C)C2=O)C2CCCCC2)n1.[HH]. The second-order valence-corrected chi connectivity index (χ2v) is 32.3. The summed E-state index contributed by atoms with van der Waals surface area (Å²) in [7, 11) is 6.38. The molecule has 1 aliphatic carbocycles. The van der Waals surface area contributed by atoms with Gasteiger partial charge in [0, 0.05) is 91.6 Å². The smallest absolute Gasteiger partial charge is 0.242 e. The van der Waals surface area contributed by atoms with Gasteiger partial charge in [-0.05, 0) is 169 Å². The number of carbonyl (C=O) groups excluding carboxylic acids is 5. The van der Waals surface area contributed by atoms with E-state index in [1.54, 1.807) is 9.80 Å². The quantitative estimate of drug-likeness (QED) is 0.0556. The Bertz CT molecular complexity index is 2250. The number of carbonyl (C=O) groups is 5. The van der Waals surface area contributed by atoms with Crippen molar-refractivity contribution >= 4 is 35.5 Å². The summed E-state index contributed by atoms with van der Waals surface area (Å²) in [6, 6.07) is 0.529. The van der Waals surface area contributed by atoms with E-state index < -0.39 is 5.54 Å². The lowest BCUT2D eigenvalue weighted by atomic mass is 9.77. The lowest BCUT2D eigenvalue weighted by Crippen LogP contribution is -2.70. The summed E-state index contributed by atoms with van der Waals surface area (Å²) in [5.41, 5.74) is -0.613. The molecule has 0 radical (unpaired) electrons. The van der Waals surface area contributed by atoms with Gasteiger partial charge >= 0.3 is 0 Å². The lowest BCUT2D eigenvalue weighted by Gasteiger charge is -2.54. The van der Waals surface area contributed by atoms with Crippen molar-refractivity contribution in [2.45, 2.75) is 374 Å². The van der Waals surface area contributed by atoms with Crippen LogP contribution in [0.1, 0.15) is 322 Å². The molecule has 512 valence electrons. The van der Waals surface area contributed by atoms with E-state index in [4.69, 9.17) is 0 Å². The van der Waals surface area contributed by atoms with Crippen molar-refractivity contribution in [2.24, 2.45) is 11.8 Å². The number of aryl methyl sites for hydroxylation is 2. The number of imide groups is 2. The highest BCUT2D eigenvalue weighted by molar-refractivity contribution is 6.04. The number of likely N-dealkylation sites (tertiary alicyclic amines) is 4. The second kappa shape index (κ2) is 34.0. The molecule has 5 amide bonds. The molecule has 2 unspecified atom stereocenters. The number of nitrogens with zero attached hydrogens (tertiary/aromatic N) is 10. The average molecular weight is 1250 g/mol. The second-order valence-electron chi connectivity index (χ2n) is 32.3. The number of anilines is 1. The van der Waals surface area contributed by atoms with Gasteiger partial charge in [-0.25, -0.2) is 4.98 Å². The summed E-state index contributed by atoms with van der Waals surface area (Å²) in [6.45, 7) is 36.9. The van der Waals surface area contributed by atoms with E-state index in [0.29, 0.717) is 25.4 Å². The van der Waals surface area contributed by atoms with Gasteiger partial charge in [-0.15, -0.1) is 0 Å². The Morgan fingerprint density at radius 1 is 0.461 bits per heavy atom. The summed E-state index contributed by atoms with van der Waals surface area (Å²) < 4.78 is 0. The number of hydrogen-bond acceptors (Lipinski definition) is 12. The normalized spacial score (nSPS) is 24.1. The summed E-state index contributed by atoms with van der Waals surface area (Å²) in [6.07, 6.45) is 38.3. The molecule has 15 heteroatoms. The molecule has 0 spiro atoms. The molecule has 5 saturated heterocycles. The van der Waals surface area contributed by atoms with E-state index in [2.05, 4.69) is 139 Å². The van der Waals surface area contributed by atoms with Crippen LogP contribution in [0.5, 0.6) is 0 Å². The number of likely N-dealkylation sites (N-methyl/N-ethyl adjacent to an activating group) is 1. The maximum absolute atomic E-state index is 13.2. The standard InChI is InChI=1S/2C26H48N2O2.C22H38N6O.H2/c2*1-7-8-9-10-11-12-13-14-15-16-17-21-18-23(29)28(24(21)30)22-19-25(2,3)27(6)26(4,5)20-22;1-16-23-17(2)25-20(24-16)28(18-11-9-8-10-12-18)14-13-27-15-21(3,4)26(7)22(5,6)19(27)29;/h2*21-22H,7-20H2,1-6H3;18H,8-15H2,1-7H3;1H. The third kappa shape index (κ3) is 21.2. The molecule has 89 heavy (non-hydrogen) atoms. The van der Waals surface area contributed by atoms with Crippen molar-refractivity contribution in [3.05, 3.63) is 11.6 Å². The van der Waals surface area contributed by atoms with Gasteiger partial charge in [-0.2, -0.15) is 9.97 Å². The summed E-state index contributed by atoms with van der Waals surface area (Å²) in [5.74, 6) is 2.69. The van der Waals surface area contributed by atoms with E-state index in [0.717, 1.165) is 94.9 Å². The minimum absolute atomic E-state index is 0. The van der Waals surface area contributed by atoms with Crippen molar-refractivity contribution < 1.29 is 25.4 Å². The first kappa shape index (κ1) is 76.2. The highest BCUT2D eigenvalue weighted by Gasteiger charge is 2.53. The third-order valence-corrected chi connectivity index (χ3v) is 22.5. The minimum Gasteiger partial charge on any atom is -0.337 e. The number of rotatable bonds is 29. The van der Waals surface area contributed by atoms with E-state index in [1.807, 2.05) is 32.6 Å². The van der Waals surface area contributed by atoms with Crippen LogP contribution in [0.2, 0.25) is 0 Å². The van der Waals surface area contributed by atoms with Gasteiger partial charge in [0.2, 0.25) is 35.5 Å². The van der Waals surface area contributed by atoms with Gasteiger partial charge in [-0.3, -0.25) is 48.5 Å². The van der Waals surface area contributed by atoms with Crippen LogP contribution in [0.15, 0.2) is 0 Å². The van der Waals surface area contributed by atoms with Gasteiger partial charge in [0.25, 0.3) is 0 Å². The number of hydrogen-bond donors (Lipinski definition) is 0. The number of piperazine rings is 1. The van der Waals surface area contributed by atoms with Crippen LogP contribution in [-0.4, -0.2) is 166 Å². The molecule has 1 aromatic heterocycles. The molecule has 6 aliphatic rings. The third-order valence-electron chi connectivity index (χ3n) is 22.5. The topological polar surface area (TPSA) is 147 Å². The first-order chi connectivity index (χ1) is 41.7. The Balaban J connectivity index is 0.000000287. The molecule has 6 fully saturated rings. The number of unbranched alkanes of at least 4 members (excludes halogenated alkanes) is 18. The van der Waals surface area contributed by atoms with Crippen LogP contribution in [0.4, 0.5) is 5.95 Å². The van der Waals surface area contributed by atoms with Crippen LogP contribution in [0.3, 0.4) is 0 Å². The van der Waals surface area contributed by atoms with E-state index in [-0.39, 0.29) is 82.6 Å².